The highest BCUT2D eigenvalue weighted by Gasteiger charge is 2.49. The van der Waals surface area contributed by atoms with Crippen molar-refractivity contribution in [1.29, 1.82) is 0 Å². The normalized spacial score (nSPS) is 14.4. The van der Waals surface area contributed by atoms with Gasteiger partial charge in [-0.2, -0.15) is 0 Å². The summed E-state index contributed by atoms with van der Waals surface area (Å²) < 4.78 is 0. The van der Waals surface area contributed by atoms with E-state index < -0.39 is 5.41 Å². The highest BCUT2D eigenvalue weighted by Crippen LogP contribution is 2.62. The fourth-order valence-corrected chi connectivity index (χ4v) is 11.8. The molecule has 0 bridgehead atoms. The SMILES string of the molecule is c1ccc(-c2ccc3c(c2)C2(c4ccccc4-c4ccc(N(c5ccc6ccccc6c5)c5cc6ccccc6cc5-c5ccccc5)c5cccc2c45)c2cccc4cccc-3c24)cc1. The quantitative estimate of drug-likeness (QED) is 0.167. The maximum atomic E-state index is 2.54. The van der Waals surface area contributed by atoms with Gasteiger partial charge >= 0.3 is 0 Å². The predicted octanol–water partition coefficient (Wildman–Crippen LogP) is 17.4. The van der Waals surface area contributed by atoms with Crippen molar-refractivity contribution in [2.45, 2.75) is 5.41 Å². The Morgan fingerprint density at radius 2 is 0.818 bits per heavy atom. The zero-order valence-corrected chi connectivity index (χ0v) is 36.1. The third-order valence-electron chi connectivity index (χ3n) is 14.6. The van der Waals surface area contributed by atoms with Crippen LogP contribution in [0.4, 0.5) is 17.1 Å². The molecule has 1 spiro atoms. The molecule has 2 aliphatic rings. The standard InChI is InChI=1S/C65H41N/c1-3-16-42(17-4-1)49-33-35-52-53-27-13-24-45-25-14-30-58(63(45)53)65(60(52)40-49)57-29-12-11-26-51(57)54-36-37-61(55-28-15-31-59(65)64(54)55)66(50-34-32-43-18-7-8-21-46(43)38-50)62-41-48-23-10-9-22-47(48)39-56(62)44-19-5-2-6-20-44/h1-41H. The van der Waals surface area contributed by atoms with E-state index in [1.54, 1.807) is 0 Å². The smallest absolute Gasteiger partial charge is 0.0726 e. The van der Waals surface area contributed by atoms with E-state index in [1.807, 2.05) is 0 Å². The Morgan fingerprint density at radius 3 is 1.62 bits per heavy atom. The second kappa shape index (κ2) is 14.2. The van der Waals surface area contributed by atoms with E-state index >= 15 is 0 Å². The predicted molar refractivity (Wildman–Crippen MR) is 278 cm³/mol. The number of rotatable bonds is 5. The van der Waals surface area contributed by atoms with Crippen molar-refractivity contribution < 1.29 is 0 Å². The molecule has 0 aromatic heterocycles. The minimum absolute atomic E-state index is 0.623. The first-order valence-corrected chi connectivity index (χ1v) is 23.0. The van der Waals surface area contributed by atoms with Crippen LogP contribution in [0.3, 0.4) is 0 Å². The summed E-state index contributed by atoms with van der Waals surface area (Å²) in [4.78, 5) is 2.54. The molecule has 14 rings (SSSR count). The van der Waals surface area contributed by atoms with Crippen LogP contribution in [0.2, 0.25) is 0 Å². The Morgan fingerprint density at radius 1 is 0.258 bits per heavy atom. The van der Waals surface area contributed by atoms with Crippen LogP contribution in [0.25, 0.3) is 87.6 Å². The third-order valence-corrected chi connectivity index (χ3v) is 14.6. The van der Waals surface area contributed by atoms with Crippen molar-refractivity contribution in [1.82, 2.24) is 0 Å². The number of benzene rings is 12. The summed E-state index contributed by atoms with van der Waals surface area (Å²) in [6.07, 6.45) is 0. The summed E-state index contributed by atoms with van der Waals surface area (Å²) in [5, 5.41) is 9.94. The summed E-state index contributed by atoms with van der Waals surface area (Å²) in [7, 11) is 0. The lowest BCUT2D eigenvalue weighted by atomic mass is 9.55. The average molecular weight is 836 g/mol. The second-order valence-electron chi connectivity index (χ2n) is 17.9. The molecular weight excluding hydrogens is 795 g/mol. The van der Waals surface area contributed by atoms with Gasteiger partial charge in [0.2, 0.25) is 0 Å². The van der Waals surface area contributed by atoms with E-state index in [0.29, 0.717) is 0 Å². The Kier molecular flexibility index (Phi) is 7.97. The molecule has 12 aromatic carbocycles. The number of hydrogen-bond donors (Lipinski definition) is 0. The minimum Gasteiger partial charge on any atom is -0.309 e. The molecule has 66 heavy (non-hydrogen) atoms. The Bertz CT molecular complexity index is 3940. The lowest BCUT2D eigenvalue weighted by Crippen LogP contribution is -2.36. The van der Waals surface area contributed by atoms with Crippen LogP contribution in [0.15, 0.2) is 249 Å². The van der Waals surface area contributed by atoms with Gasteiger partial charge in [-0.1, -0.05) is 212 Å². The Labute approximate surface area is 384 Å². The number of fused-ring (bicyclic) bond motifs is 10. The molecule has 1 atom stereocenters. The monoisotopic (exact) mass is 835 g/mol. The van der Waals surface area contributed by atoms with Gasteiger partial charge in [-0.3, -0.25) is 0 Å². The molecule has 1 unspecified atom stereocenters. The van der Waals surface area contributed by atoms with Crippen LogP contribution >= 0.6 is 0 Å². The molecule has 0 N–H and O–H groups in total. The van der Waals surface area contributed by atoms with Crippen molar-refractivity contribution >= 4 is 60.2 Å². The fourth-order valence-electron chi connectivity index (χ4n) is 11.8. The van der Waals surface area contributed by atoms with Gasteiger partial charge in [0, 0.05) is 16.6 Å². The van der Waals surface area contributed by atoms with Gasteiger partial charge in [-0.25, -0.2) is 0 Å². The van der Waals surface area contributed by atoms with Gasteiger partial charge in [-0.15, -0.1) is 0 Å². The molecule has 0 amide bonds. The van der Waals surface area contributed by atoms with Crippen LogP contribution in [0.5, 0.6) is 0 Å². The topological polar surface area (TPSA) is 3.24 Å². The first kappa shape index (κ1) is 36.9. The minimum atomic E-state index is -0.623. The fraction of sp³-hybridized carbons (Fsp3) is 0.0154. The van der Waals surface area contributed by atoms with Crippen molar-refractivity contribution in [3.8, 4) is 44.5 Å². The van der Waals surface area contributed by atoms with E-state index in [1.165, 1.54) is 110 Å². The lowest BCUT2D eigenvalue weighted by Gasteiger charge is -2.46. The summed E-state index contributed by atoms with van der Waals surface area (Å²) in [5.74, 6) is 0. The summed E-state index contributed by atoms with van der Waals surface area (Å²) in [6, 6.07) is 93.2. The second-order valence-corrected chi connectivity index (χ2v) is 17.9. The molecule has 0 saturated heterocycles. The molecule has 0 saturated carbocycles. The van der Waals surface area contributed by atoms with E-state index in [4.69, 9.17) is 0 Å². The third kappa shape index (κ3) is 5.23. The first-order chi connectivity index (χ1) is 32.7. The first-order valence-electron chi connectivity index (χ1n) is 23.0. The summed E-state index contributed by atoms with van der Waals surface area (Å²) >= 11 is 0. The van der Waals surface area contributed by atoms with Gasteiger partial charge in [0.25, 0.3) is 0 Å². The van der Waals surface area contributed by atoms with Gasteiger partial charge in [0.1, 0.15) is 0 Å². The molecule has 306 valence electrons. The zero-order chi connectivity index (χ0) is 43.3. The molecule has 0 heterocycles. The van der Waals surface area contributed by atoms with Crippen LogP contribution in [-0.2, 0) is 5.41 Å². The molecule has 0 aliphatic heterocycles. The van der Waals surface area contributed by atoms with E-state index in [9.17, 15) is 0 Å². The van der Waals surface area contributed by atoms with Gasteiger partial charge < -0.3 is 4.90 Å². The molecule has 0 radical (unpaired) electrons. The van der Waals surface area contributed by atoms with E-state index in [2.05, 4.69) is 254 Å². The summed E-state index contributed by atoms with van der Waals surface area (Å²) in [6.45, 7) is 0. The molecule has 1 heteroatoms. The van der Waals surface area contributed by atoms with E-state index in [0.717, 1.165) is 17.1 Å². The molecule has 12 aromatic rings. The summed E-state index contributed by atoms with van der Waals surface area (Å²) in [5.41, 5.74) is 17.9. The van der Waals surface area contributed by atoms with Crippen molar-refractivity contribution in [2.75, 3.05) is 4.90 Å². The largest absolute Gasteiger partial charge is 0.309 e. The maximum Gasteiger partial charge on any atom is 0.0726 e. The van der Waals surface area contributed by atoms with Gasteiger partial charge in [-0.05, 0) is 135 Å². The lowest BCUT2D eigenvalue weighted by molar-refractivity contribution is 0.755. The molecule has 1 nitrogen and oxygen atoms in total. The van der Waals surface area contributed by atoms with Crippen LogP contribution < -0.4 is 4.90 Å². The number of anilines is 3. The average Bonchev–Trinajstić information content (AvgIpc) is 3.39. The van der Waals surface area contributed by atoms with Crippen molar-refractivity contribution in [3.05, 3.63) is 271 Å². The van der Waals surface area contributed by atoms with Gasteiger partial charge in [0.05, 0.1) is 16.8 Å². The van der Waals surface area contributed by atoms with Gasteiger partial charge in [0.15, 0.2) is 0 Å². The zero-order valence-electron chi connectivity index (χ0n) is 36.1. The van der Waals surface area contributed by atoms with Crippen LogP contribution in [-0.4, -0.2) is 0 Å². The number of hydrogen-bond acceptors (Lipinski definition) is 1. The highest BCUT2D eigenvalue weighted by molar-refractivity contribution is 6.15. The number of nitrogens with zero attached hydrogens (tertiary/aromatic N) is 1. The van der Waals surface area contributed by atoms with E-state index in [-0.39, 0.29) is 0 Å². The maximum absolute atomic E-state index is 2.54. The molecule has 0 fully saturated rings. The highest BCUT2D eigenvalue weighted by atomic mass is 15.1. The van der Waals surface area contributed by atoms with Crippen LogP contribution in [0, 0.1) is 0 Å². The molecular formula is C65H41N. The van der Waals surface area contributed by atoms with Crippen molar-refractivity contribution in [3.63, 3.8) is 0 Å². The Balaban J connectivity index is 1.13. The molecule has 2 aliphatic carbocycles. The Hall–Kier alpha value is -8.52. The van der Waals surface area contributed by atoms with Crippen LogP contribution in [0.1, 0.15) is 22.3 Å². The van der Waals surface area contributed by atoms with Crippen molar-refractivity contribution in [2.24, 2.45) is 0 Å².